The summed E-state index contributed by atoms with van der Waals surface area (Å²) in [5.74, 6) is 0.335. The molecule has 0 radical (unpaired) electrons. The zero-order chi connectivity index (χ0) is 20.4. The highest BCUT2D eigenvalue weighted by atomic mass is 35.5. The van der Waals surface area contributed by atoms with Crippen molar-refractivity contribution in [2.24, 2.45) is 11.1 Å². The van der Waals surface area contributed by atoms with Crippen LogP contribution in [0.25, 0.3) is 0 Å². The average molecular weight is 428 g/mol. The number of aliphatic hydroxyl groups excluding tert-OH is 1. The third-order valence-electron chi connectivity index (χ3n) is 5.76. The molecule has 29 heavy (non-hydrogen) atoms. The lowest BCUT2D eigenvalue weighted by Crippen LogP contribution is -2.55. The molecule has 0 aromatic carbocycles. The first-order valence-electron chi connectivity index (χ1n) is 10.2. The highest BCUT2D eigenvalue weighted by Crippen LogP contribution is 2.42. The van der Waals surface area contributed by atoms with Crippen LogP contribution >= 0.6 is 12.4 Å². The smallest absolute Gasteiger partial charge is 0.276 e. The lowest BCUT2D eigenvalue weighted by Gasteiger charge is -2.50. The van der Waals surface area contributed by atoms with Crippen LogP contribution in [-0.4, -0.2) is 64.9 Å². The second-order valence-electron chi connectivity index (χ2n) is 9.03. The van der Waals surface area contributed by atoms with Gasteiger partial charge in [0.1, 0.15) is 6.61 Å². The maximum atomic E-state index is 13.0. The molecule has 8 heteroatoms. The van der Waals surface area contributed by atoms with Gasteiger partial charge in [-0.05, 0) is 30.4 Å². The number of ether oxygens (including phenoxy) is 2. The summed E-state index contributed by atoms with van der Waals surface area (Å²) in [6, 6.07) is 3.49. The molecule has 1 aromatic heterocycles. The molecule has 7 nitrogen and oxygen atoms in total. The van der Waals surface area contributed by atoms with E-state index in [1.807, 2.05) is 0 Å². The Kier molecular flexibility index (Phi) is 7.90. The summed E-state index contributed by atoms with van der Waals surface area (Å²) in [5, 5.41) is 10.4. The van der Waals surface area contributed by atoms with Gasteiger partial charge in [0.2, 0.25) is 0 Å². The molecule has 2 atom stereocenters. The number of halogens is 1. The predicted octanol–water partition coefficient (Wildman–Crippen LogP) is 2.40. The monoisotopic (exact) mass is 427 g/mol. The summed E-state index contributed by atoms with van der Waals surface area (Å²) in [6.07, 6.45) is 4.00. The molecule has 2 aliphatic rings. The number of aromatic nitrogens is 1. The van der Waals surface area contributed by atoms with E-state index < -0.39 is 0 Å². The Labute approximate surface area is 179 Å². The molecule has 3 rings (SSSR count). The Bertz CT molecular complexity index is 687. The summed E-state index contributed by atoms with van der Waals surface area (Å²) < 4.78 is 12.1. The Balaban J connectivity index is 0.00000300. The van der Waals surface area contributed by atoms with Gasteiger partial charge < -0.3 is 25.2 Å². The molecule has 1 amide bonds. The van der Waals surface area contributed by atoms with Crippen LogP contribution in [-0.2, 0) is 4.74 Å². The van der Waals surface area contributed by atoms with Crippen LogP contribution in [0.2, 0.25) is 0 Å². The number of nitrogens with zero attached hydrogens (tertiary/aromatic N) is 2. The third kappa shape index (κ3) is 5.60. The van der Waals surface area contributed by atoms with Crippen LogP contribution < -0.4 is 10.5 Å². The number of hydrogen-bond acceptors (Lipinski definition) is 6. The minimum absolute atomic E-state index is 0. The summed E-state index contributed by atoms with van der Waals surface area (Å²) in [4.78, 5) is 19.0. The van der Waals surface area contributed by atoms with Crippen molar-refractivity contribution in [3.63, 3.8) is 0 Å². The first kappa shape index (κ1) is 23.9. The van der Waals surface area contributed by atoms with Crippen LogP contribution in [0.4, 0.5) is 0 Å². The standard InChI is InChI=1S/C21H33N3O4.ClH/c1-20(2,3)17-13-15(25)14-21(28-17)6-10-24(11-7-21)19(26)18-16(27-12-8-22)5-4-9-23-18;/h4-5,9,15,17,25H,6-8,10-14,22H2,1-3H3;1H/t15-,17-;/m1./s1. The van der Waals surface area contributed by atoms with Crippen molar-refractivity contribution in [1.29, 1.82) is 0 Å². The van der Waals surface area contributed by atoms with E-state index >= 15 is 0 Å². The van der Waals surface area contributed by atoms with Crippen molar-refractivity contribution in [2.75, 3.05) is 26.2 Å². The Morgan fingerprint density at radius 3 is 2.72 bits per heavy atom. The fraction of sp³-hybridized carbons (Fsp3) is 0.714. The highest BCUT2D eigenvalue weighted by Gasteiger charge is 2.46. The fourth-order valence-electron chi connectivity index (χ4n) is 4.11. The van der Waals surface area contributed by atoms with E-state index in [4.69, 9.17) is 15.2 Å². The second-order valence-corrected chi connectivity index (χ2v) is 9.03. The molecule has 3 heterocycles. The SMILES string of the molecule is CC(C)(C)[C@H]1C[C@@H](O)CC2(CCN(C(=O)c3ncccc3OCCN)CC2)O1.Cl. The molecule has 0 aliphatic carbocycles. The van der Waals surface area contributed by atoms with Crippen molar-refractivity contribution in [1.82, 2.24) is 9.88 Å². The number of nitrogens with two attached hydrogens (primary N) is 1. The maximum Gasteiger partial charge on any atom is 0.276 e. The van der Waals surface area contributed by atoms with Crippen LogP contribution in [0.1, 0.15) is 56.9 Å². The zero-order valence-electron chi connectivity index (χ0n) is 17.6. The molecular formula is C21H34ClN3O4. The number of hydrogen-bond donors (Lipinski definition) is 2. The van der Waals surface area contributed by atoms with Gasteiger partial charge in [0.05, 0.1) is 17.8 Å². The topological polar surface area (TPSA) is 97.9 Å². The van der Waals surface area contributed by atoms with Gasteiger partial charge in [0.15, 0.2) is 11.4 Å². The van der Waals surface area contributed by atoms with E-state index in [1.54, 1.807) is 23.2 Å². The van der Waals surface area contributed by atoms with E-state index in [0.29, 0.717) is 63.4 Å². The Morgan fingerprint density at radius 1 is 1.41 bits per heavy atom. The van der Waals surface area contributed by atoms with Gasteiger partial charge in [-0.25, -0.2) is 4.98 Å². The normalized spacial score (nSPS) is 24.1. The molecule has 3 N–H and O–H groups in total. The number of amides is 1. The van der Waals surface area contributed by atoms with Crippen molar-refractivity contribution in [3.05, 3.63) is 24.0 Å². The molecule has 1 aromatic rings. The average Bonchev–Trinajstić information content (AvgIpc) is 2.65. The summed E-state index contributed by atoms with van der Waals surface area (Å²) >= 11 is 0. The number of carbonyl (C=O) groups is 1. The molecule has 2 aliphatic heterocycles. The van der Waals surface area contributed by atoms with E-state index in [0.717, 1.165) is 0 Å². The second kappa shape index (κ2) is 9.60. The number of likely N-dealkylation sites (tertiary alicyclic amines) is 1. The van der Waals surface area contributed by atoms with Crippen LogP contribution in [0.3, 0.4) is 0 Å². The van der Waals surface area contributed by atoms with E-state index in [2.05, 4.69) is 25.8 Å². The van der Waals surface area contributed by atoms with Crippen LogP contribution in [0, 0.1) is 5.41 Å². The van der Waals surface area contributed by atoms with Gasteiger partial charge >= 0.3 is 0 Å². The molecule has 164 valence electrons. The number of carbonyl (C=O) groups excluding carboxylic acids is 1. The first-order chi connectivity index (χ1) is 13.2. The van der Waals surface area contributed by atoms with Crippen LogP contribution in [0.15, 0.2) is 18.3 Å². The molecule has 0 bridgehead atoms. The Morgan fingerprint density at radius 2 is 2.10 bits per heavy atom. The van der Waals surface area contributed by atoms with Gasteiger partial charge in [0, 0.05) is 38.7 Å². The van der Waals surface area contributed by atoms with Crippen LogP contribution in [0.5, 0.6) is 5.75 Å². The summed E-state index contributed by atoms with van der Waals surface area (Å²) in [6.45, 7) is 8.31. The van der Waals surface area contributed by atoms with Gasteiger partial charge in [-0.3, -0.25) is 4.79 Å². The Hall–Kier alpha value is -1.41. The molecule has 1 spiro atoms. The fourth-order valence-corrected chi connectivity index (χ4v) is 4.11. The van der Waals surface area contributed by atoms with E-state index in [9.17, 15) is 9.90 Å². The summed E-state index contributed by atoms with van der Waals surface area (Å²) in [7, 11) is 0. The first-order valence-corrected chi connectivity index (χ1v) is 10.2. The van der Waals surface area contributed by atoms with Crippen molar-refractivity contribution in [2.45, 2.75) is 64.3 Å². The van der Waals surface area contributed by atoms with Gasteiger partial charge in [-0.1, -0.05) is 20.8 Å². The predicted molar refractivity (Wildman–Crippen MR) is 113 cm³/mol. The largest absolute Gasteiger partial charge is 0.490 e. The minimum atomic E-state index is -0.354. The van der Waals surface area contributed by atoms with Gasteiger partial charge in [-0.15, -0.1) is 12.4 Å². The van der Waals surface area contributed by atoms with Gasteiger partial charge in [0.25, 0.3) is 5.91 Å². The molecule has 2 fully saturated rings. The van der Waals surface area contributed by atoms with Crippen molar-refractivity contribution in [3.8, 4) is 5.75 Å². The number of rotatable bonds is 4. The number of pyridine rings is 1. The highest BCUT2D eigenvalue weighted by molar-refractivity contribution is 5.95. The van der Waals surface area contributed by atoms with Crippen molar-refractivity contribution < 1.29 is 19.4 Å². The van der Waals surface area contributed by atoms with Crippen molar-refractivity contribution >= 4 is 18.3 Å². The zero-order valence-corrected chi connectivity index (χ0v) is 18.4. The maximum absolute atomic E-state index is 13.0. The summed E-state index contributed by atoms with van der Waals surface area (Å²) in [5.41, 5.74) is 5.45. The van der Waals surface area contributed by atoms with E-state index in [-0.39, 0.29) is 41.5 Å². The lowest BCUT2D eigenvalue weighted by molar-refractivity contribution is -0.205. The van der Waals surface area contributed by atoms with Gasteiger partial charge in [-0.2, -0.15) is 0 Å². The van der Waals surface area contributed by atoms with E-state index in [1.165, 1.54) is 0 Å². The molecule has 2 saturated heterocycles. The number of piperidine rings is 1. The number of aliphatic hydroxyl groups is 1. The minimum Gasteiger partial charge on any atom is -0.490 e. The molecular weight excluding hydrogens is 394 g/mol. The third-order valence-corrected chi connectivity index (χ3v) is 5.76. The quantitative estimate of drug-likeness (QED) is 0.765. The molecule has 0 saturated carbocycles. The lowest BCUT2D eigenvalue weighted by atomic mass is 9.76. The molecule has 0 unspecified atom stereocenters.